The van der Waals surface area contributed by atoms with Crippen molar-refractivity contribution < 1.29 is 5.11 Å². The first-order valence-corrected chi connectivity index (χ1v) is 8.00. The fourth-order valence-corrected chi connectivity index (χ4v) is 3.16. The number of fused-ring (bicyclic) bond motifs is 1. The molecule has 0 aromatic heterocycles. The Labute approximate surface area is 144 Å². The standard InChI is InChI=1S/C19H24N2O.ClH/c20-18(10-14-6-2-1-3-7-14)19(22)13-21-17-11-15-8-4-5-9-16(15)12-17;/h1-9,17-19,21-22H,10-13,20H2;1H/t18-,19+;/m0./s1. The van der Waals surface area contributed by atoms with E-state index >= 15 is 0 Å². The molecule has 124 valence electrons. The number of nitrogens with two attached hydrogens (primary N) is 1. The minimum absolute atomic E-state index is 0. The molecular formula is C19H25ClN2O. The summed E-state index contributed by atoms with van der Waals surface area (Å²) in [5, 5.41) is 13.7. The van der Waals surface area contributed by atoms with Gasteiger partial charge in [-0.1, -0.05) is 54.6 Å². The van der Waals surface area contributed by atoms with Crippen LogP contribution in [0.5, 0.6) is 0 Å². The number of halogens is 1. The molecule has 0 heterocycles. The molecule has 0 amide bonds. The van der Waals surface area contributed by atoms with E-state index in [1.807, 2.05) is 30.3 Å². The van der Waals surface area contributed by atoms with Gasteiger partial charge in [0, 0.05) is 18.6 Å². The maximum atomic E-state index is 10.3. The lowest BCUT2D eigenvalue weighted by atomic mass is 10.0. The molecule has 2 atom stereocenters. The van der Waals surface area contributed by atoms with Gasteiger partial charge in [-0.3, -0.25) is 0 Å². The van der Waals surface area contributed by atoms with Crippen LogP contribution in [0.4, 0.5) is 0 Å². The molecule has 0 saturated heterocycles. The molecule has 23 heavy (non-hydrogen) atoms. The van der Waals surface area contributed by atoms with E-state index in [2.05, 4.69) is 29.6 Å². The minimum Gasteiger partial charge on any atom is -0.390 e. The van der Waals surface area contributed by atoms with Crippen molar-refractivity contribution in [1.29, 1.82) is 0 Å². The zero-order valence-corrected chi connectivity index (χ0v) is 14.0. The largest absolute Gasteiger partial charge is 0.390 e. The number of hydrogen-bond acceptors (Lipinski definition) is 3. The molecule has 3 rings (SSSR count). The molecule has 0 spiro atoms. The number of aliphatic hydroxyl groups excluding tert-OH is 1. The number of rotatable bonds is 6. The Morgan fingerprint density at radius 2 is 1.57 bits per heavy atom. The van der Waals surface area contributed by atoms with Gasteiger partial charge < -0.3 is 16.2 Å². The third kappa shape index (κ3) is 4.79. The highest BCUT2D eigenvalue weighted by Crippen LogP contribution is 2.21. The normalized spacial score (nSPS) is 16.4. The van der Waals surface area contributed by atoms with E-state index in [0.717, 1.165) is 12.8 Å². The zero-order valence-electron chi connectivity index (χ0n) is 13.2. The first-order chi connectivity index (χ1) is 10.7. The first-order valence-electron chi connectivity index (χ1n) is 8.00. The van der Waals surface area contributed by atoms with Crippen molar-refractivity contribution in [2.45, 2.75) is 37.5 Å². The second-order valence-electron chi connectivity index (χ2n) is 6.20. The van der Waals surface area contributed by atoms with E-state index in [-0.39, 0.29) is 18.4 Å². The Morgan fingerprint density at radius 1 is 1.00 bits per heavy atom. The highest BCUT2D eigenvalue weighted by Gasteiger charge is 2.22. The maximum absolute atomic E-state index is 10.3. The topological polar surface area (TPSA) is 58.3 Å². The van der Waals surface area contributed by atoms with Gasteiger partial charge >= 0.3 is 0 Å². The van der Waals surface area contributed by atoms with Crippen LogP contribution in [0.3, 0.4) is 0 Å². The van der Waals surface area contributed by atoms with Crippen LogP contribution in [-0.4, -0.2) is 29.8 Å². The first kappa shape index (κ1) is 18.0. The van der Waals surface area contributed by atoms with Crippen LogP contribution in [0, 0.1) is 0 Å². The van der Waals surface area contributed by atoms with Gasteiger partial charge in [0.2, 0.25) is 0 Å². The molecule has 0 unspecified atom stereocenters. The van der Waals surface area contributed by atoms with Crippen LogP contribution < -0.4 is 11.1 Å². The Balaban J connectivity index is 0.00000192. The lowest BCUT2D eigenvalue weighted by molar-refractivity contribution is 0.138. The van der Waals surface area contributed by atoms with Crippen molar-refractivity contribution >= 4 is 12.4 Å². The summed E-state index contributed by atoms with van der Waals surface area (Å²) in [5.41, 5.74) is 10.1. The van der Waals surface area contributed by atoms with Crippen molar-refractivity contribution in [3.05, 3.63) is 71.3 Å². The van der Waals surface area contributed by atoms with Gasteiger partial charge in [-0.15, -0.1) is 12.4 Å². The van der Waals surface area contributed by atoms with Crippen molar-refractivity contribution in [3.63, 3.8) is 0 Å². The van der Waals surface area contributed by atoms with E-state index in [9.17, 15) is 5.11 Å². The molecule has 0 fully saturated rings. The molecule has 3 nitrogen and oxygen atoms in total. The van der Waals surface area contributed by atoms with Crippen LogP contribution in [-0.2, 0) is 19.3 Å². The van der Waals surface area contributed by atoms with E-state index in [1.165, 1.54) is 16.7 Å². The predicted octanol–water partition coefficient (Wildman–Crippen LogP) is 2.10. The average molecular weight is 333 g/mol. The third-order valence-corrected chi connectivity index (χ3v) is 4.48. The summed E-state index contributed by atoms with van der Waals surface area (Å²) in [6, 6.07) is 18.8. The summed E-state index contributed by atoms with van der Waals surface area (Å²) in [6.45, 7) is 0.548. The lowest BCUT2D eigenvalue weighted by Gasteiger charge is -2.21. The summed E-state index contributed by atoms with van der Waals surface area (Å²) >= 11 is 0. The Kier molecular flexibility index (Phi) is 6.60. The highest BCUT2D eigenvalue weighted by molar-refractivity contribution is 5.85. The summed E-state index contributed by atoms with van der Waals surface area (Å²) in [4.78, 5) is 0. The summed E-state index contributed by atoms with van der Waals surface area (Å²) in [6.07, 6.45) is 2.26. The summed E-state index contributed by atoms with van der Waals surface area (Å²) in [7, 11) is 0. The van der Waals surface area contributed by atoms with E-state index in [1.54, 1.807) is 0 Å². The average Bonchev–Trinajstić information content (AvgIpc) is 2.96. The molecule has 2 aromatic rings. The molecule has 2 aromatic carbocycles. The van der Waals surface area contributed by atoms with Gasteiger partial charge in [-0.25, -0.2) is 0 Å². The van der Waals surface area contributed by atoms with Crippen molar-refractivity contribution in [2.75, 3.05) is 6.54 Å². The van der Waals surface area contributed by atoms with Crippen LogP contribution in [0.2, 0.25) is 0 Å². The van der Waals surface area contributed by atoms with Crippen LogP contribution in [0.15, 0.2) is 54.6 Å². The molecule has 4 N–H and O–H groups in total. The van der Waals surface area contributed by atoms with Crippen LogP contribution in [0.25, 0.3) is 0 Å². The molecule has 0 saturated carbocycles. The Bertz CT molecular complexity index is 580. The highest BCUT2D eigenvalue weighted by atomic mass is 35.5. The minimum atomic E-state index is -0.524. The fraction of sp³-hybridized carbons (Fsp3) is 0.368. The van der Waals surface area contributed by atoms with Crippen molar-refractivity contribution in [2.24, 2.45) is 5.73 Å². The number of benzene rings is 2. The maximum Gasteiger partial charge on any atom is 0.0818 e. The van der Waals surface area contributed by atoms with E-state index in [4.69, 9.17) is 5.73 Å². The smallest absolute Gasteiger partial charge is 0.0818 e. The molecule has 0 radical (unpaired) electrons. The number of hydrogen-bond donors (Lipinski definition) is 3. The van der Waals surface area contributed by atoms with Crippen molar-refractivity contribution in [3.8, 4) is 0 Å². The number of nitrogens with one attached hydrogen (secondary N) is 1. The van der Waals surface area contributed by atoms with Gasteiger partial charge in [-0.2, -0.15) is 0 Å². The molecule has 0 aliphatic heterocycles. The second-order valence-corrected chi connectivity index (χ2v) is 6.20. The summed E-state index contributed by atoms with van der Waals surface area (Å²) in [5.74, 6) is 0. The summed E-state index contributed by atoms with van der Waals surface area (Å²) < 4.78 is 0. The quantitative estimate of drug-likeness (QED) is 0.759. The number of aliphatic hydroxyl groups is 1. The molecule has 1 aliphatic rings. The van der Waals surface area contributed by atoms with Crippen LogP contribution in [0.1, 0.15) is 16.7 Å². The Morgan fingerprint density at radius 3 is 2.17 bits per heavy atom. The predicted molar refractivity (Wildman–Crippen MR) is 97.0 cm³/mol. The Hall–Kier alpha value is -1.39. The second kappa shape index (κ2) is 8.46. The van der Waals surface area contributed by atoms with E-state index < -0.39 is 6.10 Å². The van der Waals surface area contributed by atoms with Crippen molar-refractivity contribution in [1.82, 2.24) is 5.32 Å². The van der Waals surface area contributed by atoms with Gasteiger partial charge in [0.15, 0.2) is 0 Å². The molecule has 1 aliphatic carbocycles. The lowest BCUT2D eigenvalue weighted by Crippen LogP contribution is -2.45. The zero-order chi connectivity index (χ0) is 15.4. The van der Waals surface area contributed by atoms with Crippen LogP contribution >= 0.6 is 12.4 Å². The van der Waals surface area contributed by atoms with Gasteiger partial charge in [-0.05, 0) is 36.0 Å². The monoisotopic (exact) mass is 332 g/mol. The van der Waals surface area contributed by atoms with Gasteiger partial charge in [0.05, 0.1) is 6.10 Å². The molecular weight excluding hydrogens is 308 g/mol. The fourth-order valence-electron chi connectivity index (χ4n) is 3.16. The van der Waals surface area contributed by atoms with E-state index in [0.29, 0.717) is 19.0 Å². The van der Waals surface area contributed by atoms with Gasteiger partial charge in [0.1, 0.15) is 0 Å². The SMILES string of the molecule is Cl.N[C@@H](Cc1ccccc1)[C@H](O)CNC1Cc2ccccc2C1. The molecule has 0 bridgehead atoms. The third-order valence-electron chi connectivity index (χ3n) is 4.48. The van der Waals surface area contributed by atoms with Gasteiger partial charge in [0.25, 0.3) is 0 Å². The molecule has 4 heteroatoms.